The molecule has 4 aromatic rings. The normalized spacial score (nSPS) is 17.6. The lowest BCUT2D eigenvalue weighted by molar-refractivity contribution is 0.0698. The van der Waals surface area contributed by atoms with Gasteiger partial charge in [0.05, 0.1) is 0 Å². The van der Waals surface area contributed by atoms with Gasteiger partial charge in [-0.1, -0.05) is 66.7 Å². The second-order valence-electron chi connectivity index (χ2n) is 9.56. The van der Waals surface area contributed by atoms with Crippen LogP contribution >= 0.6 is 0 Å². The molecule has 1 atom stereocenters. The first-order chi connectivity index (χ1) is 19.1. The van der Waals surface area contributed by atoms with Crippen molar-refractivity contribution in [3.05, 3.63) is 141 Å². The number of nitrogens with zero attached hydrogens (tertiary/aromatic N) is 4. The van der Waals surface area contributed by atoms with Crippen molar-refractivity contribution < 1.29 is 13.9 Å². The zero-order valence-electron chi connectivity index (χ0n) is 21.2. The number of pyridine rings is 2. The fourth-order valence-corrected chi connectivity index (χ4v) is 5.22. The van der Waals surface area contributed by atoms with E-state index in [1.165, 1.54) is 12.1 Å². The average Bonchev–Trinajstić information content (AvgIpc) is 2.99. The molecular formula is C31H27FN4O3. The lowest BCUT2D eigenvalue weighted by atomic mass is 9.94. The Balaban J connectivity index is 1.56. The number of halogens is 1. The van der Waals surface area contributed by atoms with E-state index in [2.05, 4.69) is 4.98 Å². The summed E-state index contributed by atoms with van der Waals surface area (Å²) in [6.07, 6.45) is 8.69. The predicted octanol–water partition coefficient (Wildman–Crippen LogP) is 4.60. The van der Waals surface area contributed by atoms with Gasteiger partial charge in [-0.15, -0.1) is 0 Å². The summed E-state index contributed by atoms with van der Waals surface area (Å²) in [6, 6.07) is 20.7. The fourth-order valence-electron chi connectivity index (χ4n) is 5.22. The van der Waals surface area contributed by atoms with Gasteiger partial charge in [0.25, 0.3) is 5.91 Å². The van der Waals surface area contributed by atoms with Crippen LogP contribution < -0.4 is 15.2 Å². The smallest absolute Gasteiger partial charge is 0.278 e. The molecule has 0 radical (unpaired) electrons. The maximum Gasteiger partial charge on any atom is 0.278 e. The molecule has 2 aliphatic rings. The van der Waals surface area contributed by atoms with E-state index in [4.69, 9.17) is 4.74 Å². The first-order valence-electron chi connectivity index (χ1n) is 12.9. The maximum atomic E-state index is 15.5. The van der Waals surface area contributed by atoms with E-state index in [1.807, 2.05) is 59.6 Å². The predicted molar refractivity (Wildman–Crippen MR) is 146 cm³/mol. The van der Waals surface area contributed by atoms with Gasteiger partial charge in [-0.2, -0.15) is 0 Å². The molecule has 2 aromatic heterocycles. The van der Waals surface area contributed by atoms with Gasteiger partial charge in [0.2, 0.25) is 5.43 Å². The molecule has 0 spiro atoms. The average molecular weight is 523 g/mol. The number of carbonyl (C=O) groups is 1. The monoisotopic (exact) mass is 522 g/mol. The van der Waals surface area contributed by atoms with Crippen molar-refractivity contribution in [2.45, 2.75) is 25.5 Å². The van der Waals surface area contributed by atoms with Crippen LogP contribution in [0, 0.1) is 5.82 Å². The summed E-state index contributed by atoms with van der Waals surface area (Å²) in [7, 11) is 0. The molecule has 1 amide bonds. The van der Waals surface area contributed by atoms with E-state index < -0.39 is 11.5 Å². The van der Waals surface area contributed by atoms with Crippen LogP contribution in [0.1, 0.15) is 45.3 Å². The third kappa shape index (κ3) is 4.69. The van der Waals surface area contributed by atoms with Crippen LogP contribution in [0.4, 0.5) is 4.39 Å². The number of carbonyl (C=O) groups excluding carboxylic acids is 1. The minimum atomic E-state index is -0.619. The van der Waals surface area contributed by atoms with Gasteiger partial charge in [0.15, 0.2) is 11.4 Å². The van der Waals surface area contributed by atoms with Gasteiger partial charge in [-0.3, -0.25) is 24.3 Å². The van der Waals surface area contributed by atoms with E-state index in [0.29, 0.717) is 18.5 Å². The summed E-state index contributed by atoms with van der Waals surface area (Å²) in [5.74, 6) is -0.718. The van der Waals surface area contributed by atoms with Crippen LogP contribution in [-0.2, 0) is 13.0 Å². The zero-order valence-corrected chi connectivity index (χ0v) is 21.2. The largest absolute Gasteiger partial charge is 0.482 e. The van der Waals surface area contributed by atoms with Gasteiger partial charge in [-0.05, 0) is 30.5 Å². The number of aromatic nitrogens is 2. The fraction of sp³-hybridized carbons (Fsp3) is 0.194. The van der Waals surface area contributed by atoms with Crippen molar-refractivity contribution in [2.75, 3.05) is 18.2 Å². The highest BCUT2D eigenvalue weighted by Crippen LogP contribution is 2.35. The third-order valence-electron chi connectivity index (χ3n) is 7.10. The number of ether oxygens (including phenoxy) is 1. The first kappa shape index (κ1) is 24.6. The first-order valence-corrected chi connectivity index (χ1v) is 12.9. The number of hydrogen-bond acceptors (Lipinski definition) is 5. The van der Waals surface area contributed by atoms with Crippen LogP contribution in [0.5, 0.6) is 5.75 Å². The van der Waals surface area contributed by atoms with Gasteiger partial charge in [-0.25, -0.2) is 4.39 Å². The van der Waals surface area contributed by atoms with Crippen LogP contribution in [0.2, 0.25) is 0 Å². The highest BCUT2D eigenvalue weighted by Gasteiger charge is 2.38. The van der Waals surface area contributed by atoms with E-state index in [-0.39, 0.29) is 36.4 Å². The van der Waals surface area contributed by atoms with Crippen LogP contribution in [-0.4, -0.2) is 33.7 Å². The molecule has 2 bridgehead atoms. The van der Waals surface area contributed by atoms with Crippen LogP contribution in [0.3, 0.4) is 0 Å². The standard InChI is InChI=1S/C31H27FN4O3/c32-25-14-7-6-12-23(25)28-24-13-9-17-33-26(24)15-5-2-8-18-34-21-36(28)35-19-16-27(37)30(29(35)31(34)38)39-20-22-10-3-1-4-11-22/h1-4,6-14,16-17,19,28H,5,15,18,20-21H2/b8-2-. The summed E-state index contributed by atoms with van der Waals surface area (Å²) in [4.78, 5) is 33.3. The number of hydrogen-bond donors (Lipinski definition) is 0. The highest BCUT2D eigenvalue weighted by molar-refractivity contribution is 5.96. The Labute approximate surface area is 225 Å². The molecule has 0 N–H and O–H groups in total. The van der Waals surface area contributed by atoms with Crippen molar-refractivity contribution in [1.29, 1.82) is 0 Å². The summed E-state index contributed by atoms with van der Waals surface area (Å²) < 4.78 is 23.2. The van der Waals surface area contributed by atoms with E-state index in [0.717, 1.165) is 23.2 Å². The SMILES string of the molecule is O=C1c2c(OCc3ccccc3)c(=O)ccn2N2CN1C/C=C\CCc1ncccc1C2c1ccccc1F. The zero-order chi connectivity index (χ0) is 26.8. The molecule has 0 fully saturated rings. The molecule has 4 heterocycles. The molecule has 0 saturated carbocycles. The number of rotatable bonds is 4. The van der Waals surface area contributed by atoms with Crippen LogP contribution in [0.15, 0.2) is 102 Å². The minimum absolute atomic E-state index is 0.0291. The summed E-state index contributed by atoms with van der Waals surface area (Å²) in [5, 5.41) is 1.91. The molecule has 1 unspecified atom stereocenters. The van der Waals surface area contributed by atoms with Crippen molar-refractivity contribution in [1.82, 2.24) is 14.6 Å². The van der Waals surface area contributed by atoms with E-state index in [1.54, 1.807) is 40.2 Å². The number of aryl methyl sites for hydroxylation is 1. The molecule has 0 saturated heterocycles. The molecule has 2 aromatic carbocycles. The highest BCUT2D eigenvalue weighted by atomic mass is 19.1. The molecule has 2 aliphatic heterocycles. The molecular weight excluding hydrogens is 495 g/mol. The Kier molecular flexibility index (Phi) is 6.67. The maximum absolute atomic E-state index is 15.5. The summed E-state index contributed by atoms with van der Waals surface area (Å²) >= 11 is 0. The van der Waals surface area contributed by atoms with Gasteiger partial charge in [0.1, 0.15) is 25.1 Å². The number of amides is 1. The van der Waals surface area contributed by atoms with Crippen molar-refractivity contribution in [3.8, 4) is 5.75 Å². The minimum Gasteiger partial charge on any atom is -0.482 e. The number of benzene rings is 2. The molecule has 8 heteroatoms. The van der Waals surface area contributed by atoms with Crippen LogP contribution in [0.25, 0.3) is 0 Å². The Morgan fingerprint density at radius 1 is 0.923 bits per heavy atom. The molecule has 39 heavy (non-hydrogen) atoms. The molecule has 7 nitrogen and oxygen atoms in total. The lowest BCUT2D eigenvalue weighted by Gasteiger charge is -2.44. The molecule has 0 aliphatic carbocycles. The molecule has 6 rings (SSSR count). The number of fused-ring (bicyclic) bond motifs is 5. The Bertz CT molecular complexity index is 1600. The lowest BCUT2D eigenvalue weighted by Crippen LogP contribution is -2.55. The Morgan fingerprint density at radius 3 is 2.56 bits per heavy atom. The Morgan fingerprint density at radius 2 is 1.72 bits per heavy atom. The van der Waals surface area contributed by atoms with Gasteiger partial charge in [0, 0.05) is 41.8 Å². The van der Waals surface area contributed by atoms with E-state index in [9.17, 15) is 9.59 Å². The van der Waals surface area contributed by atoms with E-state index >= 15 is 4.39 Å². The topological polar surface area (TPSA) is 67.7 Å². The third-order valence-corrected chi connectivity index (χ3v) is 7.10. The van der Waals surface area contributed by atoms with Gasteiger partial charge >= 0.3 is 0 Å². The second kappa shape index (κ2) is 10.6. The summed E-state index contributed by atoms with van der Waals surface area (Å²) in [6.45, 7) is 0.637. The van der Waals surface area contributed by atoms with Gasteiger partial charge < -0.3 is 9.64 Å². The number of allylic oxidation sites excluding steroid dienone is 1. The quantitative estimate of drug-likeness (QED) is 0.367. The second-order valence-corrected chi connectivity index (χ2v) is 9.56. The molecule has 196 valence electrons. The Hall–Kier alpha value is -4.72. The van der Waals surface area contributed by atoms with Crippen molar-refractivity contribution in [2.24, 2.45) is 0 Å². The van der Waals surface area contributed by atoms with Crippen molar-refractivity contribution in [3.63, 3.8) is 0 Å². The van der Waals surface area contributed by atoms with Crippen molar-refractivity contribution >= 4 is 5.91 Å². The summed E-state index contributed by atoms with van der Waals surface area (Å²) in [5.41, 5.74) is 2.73.